The van der Waals surface area contributed by atoms with Crippen molar-refractivity contribution in [3.05, 3.63) is 224 Å². The van der Waals surface area contributed by atoms with E-state index in [0.29, 0.717) is 0 Å². The molecule has 0 bridgehead atoms. The summed E-state index contributed by atoms with van der Waals surface area (Å²) in [6.45, 7) is 0. The molecule has 0 aliphatic carbocycles. The van der Waals surface area contributed by atoms with Crippen molar-refractivity contribution in [2.24, 2.45) is 0 Å². The Kier molecular flexibility index (Phi) is 8.19. The molecule has 2 nitrogen and oxygen atoms in total. The third kappa shape index (κ3) is 5.66. The van der Waals surface area contributed by atoms with Crippen molar-refractivity contribution in [3.63, 3.8) is 0 Å². The number of aromatic nitrogens is 1. The summed E-state index contributed by atoms with van der Waals surface area (Å²) in [5.41, 5.74) is 19.3. The molecule has 58 heavy (non-hydrogen) atoms. The second-order valence-electron chi connectivity index (χ2n) is 14.9. The predicted molar refractivity (Wildman–Crippen MR) is 247 cm³/mol. The van der Waals surface area contributed by atoms with Crippen LogP contribution >= 0.6 is 0 Å². The van der Waals surface area contributed by atoms with Gasteiger partial charge in [0, 0.05) is 16.3 Å². The molecule has 0 atom stereocenters. The zero-order valence-electron chi connectivity index (χ0n) is 31.8. The van der Waals surface area contributed by atoms with Gasteiger partial charge < -0.3 is 0 Å². The van der Waals surface area contributed by atoms with Crippen LogP contribution in [0.25, 0.3) is 99.0 Å². The van der Waals surface area contributed by atoms with Gasteiger partial charge in [0.25, 0.3) is 0 Å². The van der Waals surface area contributed by atoms with Crippen molar-refractivity contribution in [2.75, 3.05) is 5.43 Å². The van der Waals surface area contributed by atoms with Crippen LogP contribution in [0.1, 0.15) is 0 Å². The number of anilines is 1. The van der Waals surface area contributed by atoms with Crippen molar-refractivity contribution < 1.29 is 0 Å². The van der Waals surface area contributed by atoms with Crippen molar-refractivity contribution in [3.8, 4) is 55.6 Å². The van der Waals surface area contributed by atoms with Crippen LogP contribution in [0.4, 0.5) is 5.69 Å². The third-order valence-corrected chi connectivity index (χ3v) is 11.6. The van der Waals surface area contributed by atoms with Crippen LogP contribution in [-0.2, 0) is 0 Å². The van der Waals surface area contributed by atoms with Crippen molar-refractivity contribution in [1.82, 2.24) is 4.68 Å². The molecule has 1 aromatic heterocycles. The molecule has 0 fully saturated rings. The van der Waals surface area contributed by atoms with Gasteiger partial charge in [-0.05, 0) is 95.9 Å². The molecule has 1 heterocycles. The first-order valence-corrected chi connectivity index (χ1v) is 19.9. The Morgan fingerprint density at radius 3 is 1.33 bits per heavy atom. The molecule has 0 saturated carbocycles. The first-order valence-electron chi connectivity index (χ1n) is 19.9. The maximum Gasteiger partial charge on any atom is 0.0794 e. The average molecular weight is 739 g/mol. The normalized spacial score (nSPS) is 11.4. The van der Waals surface area contributed by atoms with Crippen LogP contribution in [0.15, 0.2) is 224 Å². The Morgan fingerprint density at radius 2 is 0.724 bits per heavy atom. The van der Waals surface area contributed by atoms with E-state index >= 15 is 0 Å². The van der Waals surface area contributed by atoms with E-state index in [9.17, 15) is 0 Å². The fraction of sp³-hybridized carbons (Fsp3) is 0. The van der Waals surface area contributed by atoms with Crippen LogP contribution in [0, 0.1) is 0 Å². The number of para-hydroxylation sites is 1. The molecule has 0 spiro atoms. The first-order chi connectivity index (χ1) is 28.8. The van der Waals surface area contributed by atoms with Gasteiger partial charge >= 0.3 is 0 Å². The van der Waals surface area contributed by atoms with Gasteiger partial charge in [0.2, 0.25) is 0 Å². The second kappa shape index (κ2) is 14.1. The molecule has 11 aromatic rings. The number of nitrogens with one attached hydrogen (secondary N) is 1. The SMILES string of the molecule is c1ccc(-c2ccc3c4ccccc4n(Nc4ccc(-c5ccc6c(-c7ccccc7)c7ccccc7c(-c7ccccc7)c6c5)cc4)c3c2-c2ccccc2)cc1. The number of rotatable bonds is 7. The minimum absolute atomic E-state index is 1.01. The van der Waals surface area contributed by atoms with Gasteiger partial charge in [-0.3, -0.25) is 10.1 Å². The Morgan fingerprint density at radius 1 is 0.276 bits per heavy atom. The Bertz CT molecular complexity index is 3260. The molecule has 0 aliphatic rings. The highest BCUT2D eigenvalue weighted by atomic mass is 15.4. The minimum atomic E-state index is 1.01. The lowest BCUT2D eigenvalue weighted by Gasteiger charge is -2.19. The van der Waals surface area contributed by atoms with E-state index in [4.69, 9.17) is 0 Å². The van der Waals surface area contributed by atoms with Crippen LogP contribution < -0.4 is 5.43 Å². The van der Waals surface area contributed by atoms with Gasteiger partial charge in [-0.15, -0.1) is 0 Å². The fourth-order valence-corrected chi connectivity index (χ4v) is 8.98. The predicted octanol–water partition coefficient (Wildman–Crippen LogP) is 15.3. The lowest BCUT2D eigenvalue weighted by atomic mass is 9.85. The summed E-state index contributed by atoms with van der Waals surface area (Å²) in [5, 5.41) is 7.45. The molecule has 0 unspecified atom stereocenters. The summed E-state index contributed by atoms with van der Waals surface area (Å²) in [4.78, 5) is 0. The van der Waals surface area contributed by atoms with Gasteiger partial charge in [-0.2, -0.15) is 0 Å². The van der Waals surface area contributed by atoms with Gasteiger partial charge in [0.1, 0.15) is 0 Å². The molecule has 272 valence electrons. The highest BCUT2D eigenvalue weighted by Crippen LogP contribution is 2.45. The minimum Gasteiger partial charge on any atom is -0.294 e. The third-order valence-electron chi connectivity index (χ3n) is 11.6. The number of nitrogens with zero attached hydrogens (tertiary/aromatic N) is 1. The number of benzene rings is 10. The average Bonchev–Trinajstić information content (AvgIpc) is 3.62. The maximum absolute atomic E-state index is 3.86. The van der Waals surface area contributed by atoms with Crippen LogP contribution in [0.5, 0.6) is 0 Å². The van der Waals surface area contributed by atoms with E-state index in [-0.39, 0.29) is 0 Å². The molecule has 0 amide bonds. The zero-order valence-corrected chi connectivity index (χ0v) is 31.8. The molecule has 0 radical (unpaired) electrons. The lowest BCUT2D eigenvalue weighted by Crippen LogP contribution is -2.09. The second-order valence-corrected chi connectivity index (χ2v) is 14.9. The Balaban J connectivity index is 1.06. The van der Waals surface area contributed by atoms with E-state index in [1.807, 2.05) is 0 Å². The van der Waals surface area contributed by atoms with E-state index in [2.05, 4.69) is 235 Å². The molecule has 2 heteroatoms. The van der Waals surface area contributed by atoms with Gasteiger partial charge in [-0.25, -0.2) is 0 Å². The topological polar surface area (TPSA) is 17.0 Å². The van der Waals surface area contributed by atoms with Crippen LogP contribution in [0.3, 0.4) is 0 Å². The van der Waals surface area contributed by atoms with E-state index in [0.717, 1.165) is 16.7 Å². The monoisotopic (exact) mass is 738 g/mol. The van der Waals surface area contributed by atoms with Gasteiger partial charge in [0.15, 0.2) is 0 Å². The van der Waals surface area contributed by atoms with E-state index in [1.165, 1.54) is 88.0 Å². The first kappa shape index (κ1) is 33.6. The fourth-order valence-electron chi connectivity index (χ4n) is 8.98. The summed E-state index contributed by atoms with van der Waals surface area (Å²) in [5.74, 6) is 0. The molecular weight excluding hydrogens is 701 g/mol. The number of fused-ring (bicyclic) bond motifs is 5. The molecule has 0 saturated heterocycles. The molecule has 0 aliphatic heterocycles. The standard InChI is InChI=1S/C56H38N2/c1-5-17-39(18-6-1)45-35-36-50-46-25-15-16-28-52(46)58(56(50)55(45)42-23-11-4-12-24-42)57-44-32-29-38(30-33-44)43-31-34-49-51(37-43)54(41-21-9-3-10-22-41)48-27-14-13-26-47(48)53(49)40-19-7-2-8-20-40/h1-37,57H. The van der Waals surface area contributed by atoms with Crippen LogP contribution in [-0.4, -0.2) is 4.68 Å². The zero-order chi connectivity index (χ0) is 38.4. The quantitative estimate of drug-likeness (QED) is 0.161. The Labute approximate surface area is 337 Å². The highest BCUT2D eigenvalue weighted by Gasteiger charge is 2.20. The van der Waals surface area contributed by atoms with E-state index < -0.39 is 0 Å². The lowest BCUT2D eigenvalue weighted by molar-refractivity contribution is 1.06. The van der Waals surface area contributed by atoms with Gasteiger partial charge in [-0.1, -0.05) is 200 Å². The number of hydrogen-bond acceptors (Lipinski definition) is 1. The molecule has 10 aromatic carbocycles. The molecule has 11 rings (SSSR count). The summed E-state index contributed by atoms with van der Waals surface area (Å²) in [6, 6.07) is 81.2. The summed E-state index contributed by atoms with van der Waals surface area (Å²) in [6.07, 6.45) is 0. The highest BCUT2D eigenvalue weighted by molar-refractivity contribution is 6.22. The summed E-state index contributed by atoms with van der Waals surface area (Å²) in [7, 11) is 0. The smallest absolute Gasteiger partial charge is 0.0794 e. The maximum atomic E-state index is 3.86. The van der Waals surface area contributed by atoms with Crippen LogP contribution in [0.2, 0.25) is 0 Å². The molecule has 1 N–H and O–H groups in total. The van der Waals surface area contributed by atoms with Crippen molar-refractivity contribution in [2.45, 2.75) is 0 Å². The van der Waals surface area contributed by atoms with Crippen molar-refractivity contribution in [1.29, 1.82) is 0 Å². The number of hydrogen-bond donors (Lipinski definition) is 1. The summed E-state index contributed by atoms with van der Waals surface area (Å²) < 4.78 is 2.28. The Hall–Kier alpha value is -7.68. The van der Waals surface area contributed by atoms with Gasteiger partial charge in [0.05, 0.1) is 16.7 Å². The van der Waals surface area contributed by atoms with E-state index in [1.54, 1.807) is 0 Å². The largest absolute Gasteiger partial charge is 0.294 e. The van der Waals surface area contributed by atoms with Crippen molar-refractivity contribution >= 4 is 49.0 Å². The summed E-state index contributed by atoms with van der Waals surface area (Å²) >= 11 is 0. The molecular formula is C56H38N2.